The molecule has 5 aromatic heterocycles. The van der Waals surface area contributed by atoms with Gasteiger partial charge in [0.05, 0.1) is 39.3 Å². The number of aromatic nitrogens is 5. The lowest BCUT2D eigenvalue weighted by Crippen LogP contribution is -2.47. The number of ketones is 1. The van der Waals surface area contributed by atoms with E-state index in [0.717, 1.165) is 66.8 Å². The predicted molar refractivity (Wildman–Crippen MR) is 559 cm³/mol. The number of hydrogen-bond donors (Lipinski definition) is 5. The number of nitriles is 1. The van der Waals surface area contributed by atoms with Gasteiger partial charge in [-0.3, -0.25) is 53.7 Å². The van der Waals surface area contributed by atoms with E-state index in [4.69, 9.17) is 11.6 Å². The van der Waals surface area contributed by atoms with E-state index >= 15 is 0 Å². The molecule has 143 heavy (non-hydrogen) atoms. The van der Waals surface area contributed by atoms with Crippen LogP contribution in [0.4, 0.5) is 35.1 Å². The Labute approximate surface area is 838 Å². The van der Waals surface area contributed by atoms with Crippen molar-refractivity contribution in [1.29, 1.82) is 5.26 Å². The summed E-state index contributed by atoms with van der Waals surface area (Å²) in [4.78, 5) is 95.2. The SMILES string of the molecule is C=C(Cl)CC(C)(CC1CCCCC1)NC(=O)c1cnc2c(F)cccc2c1.C=CCC(C)(C)NC(=O)c1ccc2c(F)c(F)ccc2c1.CC(C)(C/C=C/c1ccccc1)NC(=O)c1cnc2c(F)c(F)ccc2c1.CC(C)CC(C)(C#N)CC(=O)c1cnc2c(F)cccc2c1.CC(C)CC=CCC(C)(C)NC(=O)c1cnc2c(F)c(F)ccc2c1.CCC(CC)CC(C)NC(=O)c1cnc2ccccc2c1. The summed E-state index contributed by atoms with van der Waals surface area (Å²) >= 11 is 6.11. The van der Waals surface area contributed by atoms with E-state index in [9.17, 15) is 69.2 Å². The summed E-state index contributed by atoms with van der Waals surface area (Å²) in [5, 5.41) is 28.5. The van der Waals surface area contributed by atoms with Crippen LogP contribution in [0.25, 0.3) is 71.4 Å². The van der Waals surface area contributed by atoms with Crippen molar-refractivity contribution < 1.29 is 63.9 Å². The van der Waals surface area contributed by atoms with E-state index in [1.165, 1.54) is 111 Å². The highest BCUT2D eigenvalue weighted by molar-refractivity contribution is 6.29. The van der Waals surface area contributed by atoms with Gasteiger partial charge in [-0.2, -0.15) is 5.26 Å². The fraction of sp³-hybridized carbons (Fsp3) is 0.350. The molecule has 0 bridgehead atoms. The Morgan fingerprint density at radius 2 is 0.895 bits per heavy atom. The van der Waals surface area contributed by atoms with Crippen LogP contribution in [0.2, 0.25) is 0 Å². The number of rotatable bonds is 32. The van der Waals surface area contributed by atoms with Crippen LogP contribution in [-0.4, -0.2) is 88.4 Å². The largest absolute Gasteiger partial charge is 0.350 e. The standard InChI is InChI=1S/C22H26ClFN2O.C22H20F2N2O.C20H24F2N2O.C18H19FN2O.C18H24N2O.C17H17F2NO/c1-15(23)12-22(2,13-16-7-4-3-5-8-16)26-21(27)18-11-17-9-6-10-19(24)20(17)25-14-18;1-22(2,12-6-9-15-7-4-3-5-8-15)26-21(27)17-13-16-10-11-18(23)19(24)20(16)25-14-17;1-13(2)7-5-6-10-20(3,4)24-19(25)15-11-14-8-9-16(21)17(22)18(14)23-12-15;1-12(2)8-18(3,11-20)9-16(22)14-7-13-5-4-6-15(19)17(13)21-10-14;1-4-14(5-2)10-13(3)20-18(21)16-11-15-8-6-7-9-17(15)19-12-16;1-4-9-17(2,3)20-16(21)12-5-7-13-11(10-12)6-8-14(18)15(13)19/h6,9-11,14,16H,1,3-5,7-8,12-13H2,2H3,(H,26,27);3-11,13-14H,12H2,1-2H3,(H,26,27);5-6,8-9,11-13H,7,10H2,1-4H3,(H,24,25);4-7,10,12H,8-9H2,1-3H3;6-9,11-14H,4-5,10H2,1-3H3,(H,20,21);4-8,10H,1,9H2,2-3H3,(H,20,21)/b;9-6+;;;;. The number of carbonyl (C=O) groups is 6. The molecule has 5 amide bonds. The van der Waals surface area contributed by atoms with Crippen molar-refractivity contribution in [3.63, 3.8) is 0 Å². The smallest absolute Gasteiger partial charge is 0.253 e. The number of halogens is 9. The van der Waals surface area contributed by atoms with Gasteiger partial charge >= 0.3 is 0 Å². The molecular formula is C117H130ClF8N11O6. The summed E-state index contributed by atoms with van der Waals surface area (Å²) in [6, 6.07) is 49.7. The minimum absolute atomic E-state index is 0.0355. The number of para-hydroxylation sites is 3. The average molecular weight is 1970 g/mol. The minimum Gasteiger partial charge on any atom is -0.350 e. The molecule has 1 aliphatic carbocycles. The topological polar surface area (TPSA) is 251 Å². The monoisotopic (exact) mass is 1970 g/mol. The van der Waals surface area contributed by atoms with Crippen LogP contribution in [-0.2, 0) is 0 Å². The second-order valence-corrected chi connectivity index (χ2v) is 40.5. The number of pyridine rings is 5. The summed E-state index contributed by atoms with van der Waals surface area (Å²) in [6.07, 6.45) is 31.6. The van der Waals surface area contributed by atoms with Gasteiger partial charge in [-0.25, -0.2) is 35.1 Å². The molecule has 8 aromatic carbocycles. The normalized spacial score (nSPS) is 13.3. The number of Topliss-reactive ketones (excluding diaryl/α,β-unsaturated/α-hetero) is 1. The zero-order valence-corrected chi connectivity index (χ0v) is 84.9. The van der Waals surface area contributed by atoms with Crippen LogP contribution in [0.15, 0.2) is 249 Å². The van der Waals surface area contributed by atoms with Crippen molar-refractivity contribution in [3.8, 4) is 6.07 Å². The Balaban J connectivity index is 0.000000192. The first-order chi connectivity index (χ1) is 67.7. The molecule has 1 aliphatic rings. The van der Waals surface area contributed by atoms with Crippen LogP contribution in [0.1, 0.15) is 274 Å². The van der Waals surface area contributed by atoms with Crippen molar-refractivity contribution in [3.05, 3.63) is 335 Å². The molecule has 1 saturated carbocycles. The van der Waals surface area contributed by atoms with E-state index < -0.39 is 68.3 Å². The molecule has 14 rings (SSSR count). The highest BCUT2D eigenvalue weighted by Crippen LogP contribution is 2.37. The number of allylic oxidation sites excluding steroid dienone is 1. The molecule has 0 radical (unpaired) electrons. The van der Waals surface area contributed by atoms with Gasteiger partial charge in [0.2, 0.25) is 0 Å². The summed E-state index contributed by atoms with van der Waals surface area (Å²) in [7, 11) is 0. The van der Waals surface area contributed by atoms with Gasteiger partial charge in [0, 0.05) is 120 Å². The van der Waals surface area contributed by atoms with Gasteiger partial charge in [0.15, 0.2) is 40.7 Å². The zero-order chi connectivity index (χ0) is 105. The van der Waals surface area contributed by atoms with E-state index in [1.54, 1.807) is 61.7 Å². The molecule has 5 N–H and O–H groups in total. The van der Waals surface area contributed by atoms with Crippen LogP contribution >= 0.6 is 11.6 Å². The number of nitrogens with zero attached hydrogens (tertiary/aromatic N) is 6. The van der Waals surface area contributed by atoms with Crippen molar-refractivity contribution in [2.24, 2.45) is 29.1 Å². The maximum atomic E-state index is 13.8. The third-order valence-electron chi connectivity index (χ3n) is 24.5. The number of nitrogens with one attached hydrogen (secondary N) is 5. The maximum Gasteiger partial charge on any atom is 0.253 e. The third-order valence-corrected chi connectivity index (χ3v) is 24.6. The molecule has 752 valence electrons. The molecule has 0 aliphatic heterocycles. The van der Waals surface area contributed by atoms with Crippen LogP contribution in [0.5, 0.6) is 0 Å². The summed E-state index contributed by atoms with van der Waals surface area (Å²) in [6.45, 7) is 37.7. The summed E-state index contributed by atoms with van der Waals surface area (Å²) in [5.41, 5.74) is 2.39. The van der Waals surface area contributed by atoms with Crippen molar-refractivity contribution in [2.75, 3.05) is 0 Å². The first kappa shape index (κ1) is 113. The highest BCUT2D eigenvalue weighted by Gasteiger charge is 2.34. The first-order valence-corrected chi connectivity index (χ1v) is 48.8. The minimum atomic E-state index is -1.01. The molecule has 3 unspecified atom stereocenters. The molecule has 17 nitrogen and oxygen atoms in total. The van der Waals surface area contributed by atoms with Gasteiger partial charge in [0.1, 0.15) is 33.7 Å². The number of amides is 5. The Kier molecular flexibility index (Phi) is 41.3. The molecule has 26 heteroatoms. The first-order valence-electron chi connectivity index (χ1n) is 48.4. The quantitative estimate of drug-likeness (QED) is 0.0150. The molecule has 5 heterocycles. The van der Waals surface area contributed by atoms with Gasteiger partial charge in [-0.15, -0.1) is 6.58 Å². The van der Waals surface area contributed by atoms with Crippen molar-refractivity contribution in [1.82, 2.24) is 51.5 Å². The molecule has 1 fully saturated rings. The number of carbonyl (C=O) groups excluding carboxylic acids is 6. The van der Waals surface area contributed by atoms with E-state index in [1.807, 2.05) is 135 Å². The molecule has 13 aromatic rings. The number of fused-ring (bicyclic) bond motifs is 6. The van der Waals surface area contributed by atoms with Crippen LogP contribution in [0.3, 0.4) is 0 Å². The molecule has 0 saturated heterocycles. The van der Waals surface area contributed by atoms with E-state index in [0.29, 0.717) is 121 Å². The molecule has 0 spiro atoms. The number of hydrogen-bond acceptors (Lipinski definition) is 12. The Morgan fingerprint density at radius 3 is 1.41 bits per heavy atom. The zero-order valence-electron chi connectivity index (χ0n) is 84.2. The maximum absolute atomic E-state index is 13.8. The predicted octanol–water partition coefficient (Wildman–Crippen LogP) is 29.0. The van der Waals surface area contributed by atoms with E-state index in [2.05, 4.69) is 118 Å². The van der Waals surface area contributed by atoms with Gasteiger partial charge in [-0.05, 0) is 233 Å². The van der Waals surface area contributed by atoms with Crippen molar-refractivity contribution in [2.45, 2.75) is 235 Å². The third kappa shape index (κ3) is 34.3. The Morgan fingerprint density at radius 1 is 0.455 bits per heavy atom. The van der Waals surface area contributed by atoms with Gasteiger partial charge in [-0.1, -0.05) is 220 Å². The average Bonchev–Trinajstić information content (AvgIpc) is 0.801. The van der Waals surface area contributed by atoms with Gasteiger partial charge < -0.3 is 26.6 Å². The highest BCUT2D eigenvalue weighted by atomic mass is 35.5. The lowest BCUT2D eigenvalue weighted by atomic mass is 9.78. The fourth-order valence-corrected chi connectivity index (χ4v) is 17.4. The Bertz CT molecular complexity index is 6780. The fourth-order valence-electron chi connectivity index (χ4n) is 17.1. The summed E-state index contributed by atoms with van der Waals surface area (Å²) < 4.78 is 108. The Hall–Kier alpha value is -13.7. The number of benzene rings is 8. The molecule has 3 atom stereocenters. The van der Waals surface area contributed by atoms with Crippen LogP contribution < -0.4 is 26.6 Å². The lowest BCUT2D eigenvalue weighted by molar-refractivity contribution is 0.0880. The van der Waals surface area contributed by atoms with E-state index in [-0.39, 0.29) is 81.1 Å². The lowest BCUT2D eigenvalue weighted by Gasteiger charge is -2.36. The van der Waals surface area contributed by atoms with Crippen LogP contribution in [0, 0.1) is 87.0 Å². The van der Waals surface area contributed by atoms with Crippen molar-refractivity contribution >= 4 is 118 Å². The second-order valence-electron chi connectivity index (χ2n) is 40.0. The summed E-state index contributed by atoms with van der Waals surface area (Å²) in [5.74, 6) is -5.56. The second kappa shape index (κ2) is 52.3. The molecular weight excluding hydrogens is 1840 g/mol. The van der Waals surface area contributed by atoms with Gasteiger partial charge in [0.25, 0.3) is 29.5 Å².